The fraction of sp³-hybridized carbons (Fsp3) is 0.462. The van der Waals surface area contributed by atoms with E-state index in [4.69, 9.17) is 33.0 Å². The molecular weight excluding hydrogens is 275 g/mol. The third-order valence-corrected chi connectivity index (χ3v) is 2.07. The van der Waals surface area contributed by atoms with Crippen molar-refractivity contribution in [3.63, 3.8) is 0 Å². The standard InChI is InChI=1S/C8H12Cl2O.C5H8O2/c9-5-1-3-7-11-8-4-2-6-10;1-3-4(2)5(6)7/h3-4,7-8H,1-2,5-6H2;2-3H2,1H3,(H,6,7). The molecule has 0 amide bonds. The first-order valence-corrected chi connectivity index (χ1v) is 6.65. The molecule has 0 aliphatic carbocycles. The van der Waals surface area contributed by atoms with E-state index in [9.17, 15) is 4.79 Å². The number of hydrogen-bond donors (Lipinski definition) is 1. The van der Waals surface area contributed by atoms with Crippen molar-refractivity contribution < 1.29 is 14.6 Å². The second-order valence-corrected chi connectivity index (χ2v) is 3.85. The van der Waals surface area contributed by atoms with Crippen molar-refractivity contribution in [3.8, 4) is 0 Å². The number of rotatable bonds is 8. The number of halogens is 2. The highest BCUT2D eigenvalue weighted by Crippen LogP contribution is 1.93. The Kier molecular flexibility index (Phi) is 17.3. The summed E-state index contributed by atoms with van der Waals surface area (Å²) in [5, 5.41) is 8.08. The number of alkyl halides is 2. The largest absolute Gasteiger partial charge is 0.478 e. The molecule has 0 saturated heterocycles. The Morgan fingerprint density at radius 1 is 1.22 bits per heavy atom. The van der Waals surface area contributed by atoms with Gasteiger partial charge in [-0.05, 0) is 31.4 Å². The van der Waals surface area contributed by atoms with Gasteiger partial charge in [0, 0.05) is 17.3 Å². The predicted molar refractivity (Wildman–Crippen MR) is 77.1 cm³/mol. The Balaban J connectivity index is 0. The third-order valence-electron chi connectivity index (χ3n) is 1.63. The second kappa shape index (κ2) is 16.1. The molecule has 0 aromatic rings. The van der Waals surface area contributed by atoms with Crippen molar-refractivity contribution in [2.45, 2.75) is 26.2 Å². The maximum absolute atomic E-state index is 9.83. The number of carboxylic acids is 1. The normalized spacial score (nSPS) is 10.2. The van der Waals surface area contributed by atoms with Gasteiger partial charge in [-0.1, -0.05) is 13.5 Å². The van der Waals surface area contributed by atoms with Crippen LogP contribution in [0.1, 0.15) is 26.2 Å². The SMILES string of the molecule is C=C(CC)C(=O)O.ClCCC=COC=CCCCl. The van der Waals surface area contributed by atoms with Crippen LogP contribution in [-0.4, -0.2) is 22.8 Å². The van der Waals surface area contributed by atoms with Crippen molar-refractivity contribution in [2.24, 2.45) is 0 Å². The average Bonchev–Trinajstić information content (AvgIpc) is 2.37. The van der Waals surface area contributed by atoms with Gasteiger partial charge in [0.15, 0.2) is 0 Å². The van der Waals surface area contributed by atoms with Crippen molar-refractivity contribution in [1.29, 1.82) is 0 Å². The fourth-order valence-corrected chi connectivity index (χ4v) is 0.822. The van der Waals surface area contributed by atoms with E-state index in [1.165, 1.54) is 0 Å². The Morgan fingerprint density at radius 2 is 1.67 bits per heavy atom. The predicted octanol–water partition coefficient (Wildman–Crippen LogP) is 4.33. The van der Waals surface area contributed by atoms with Crippen LogP contribution in [0.5, 0.6) is 0 Å². The van der Waals surface area contributed by atoms with Gasteiger partial charge in [-0.3, -0.25) is 0 Å². The average molecular weight is 295 g/mol. The van der Waals surface area contributed by atoms with E-state index in [1.54, 1.807) is 19.4 Å². The molecule has 0 aliphatic rings. The summed E-state index contributed by atoms with van der Waals surface area (Å²) in [5.41, 5.74) is 0.264. The zero-order valence-corrected chi connectivity index (χ0v) is 12.1. The third kappa shape index (κ3) is 17.5. The van der Waals surface area contributed by atoms with Crippen LogP contribution >= 0.6 is 23.2 Å². The van der Waals surface area contributed by atoms with Gasteiger partial charge in [0.2, 0.25) is 0 Å². The molecule has 0 aromatic carbocycles. The summed E-state index contributed by atoms with van der Waals surface area (Å²) in [7, 11) is 0. The van der Waals surface area contributed by atoms with Crippen molar-refractivity contribution in [1.82, 2.24) is 0 Å². The Hall–Kier alpha value is -0.930. The molecule has 0 unspecified atom stereocenters. The number of carbonyl (C=O) groups is 1. The highest BCUT2D eigenvalue weighted by Gasteiger charge is 1.96. The van der Waals surface area contributed by atoms with E-state index in [1.807, 2.05) is 12.2 Å². The Morgan fingerprint density at radius 3 is 1.89 bits per heavy atom. The summed E-state index contributed by atoms with van der Waals surface area (Å²) in [6.07, 6.45) is 9.18. The molecule has 1 N–H and O–H groups in total. The highest BCUT2D eigenvalue weighted by atomic mass is 35.5. The van der Waals surface area contributed by atoms with Crippen LogP contribution in [0.25, 0.3) is 0 Å². The molecule has 3 nitrogen and oxygen atoms in total. The number of hydrogen-bond acceptors (Lipinski definition) is 2. The molecule has 0 rings (SSSR count). The van der Waals surface area contributed by atoms with E-state index >= 15 is 0 Å². The van der Waals surface area contributed by atoms with Crippen molar-refractivity contribution in [3.05, 3.63) is 36.8 Å². The first-order valence-electron chi connectivity index (χ1n) is 5.58. The van der Waals surface area contributed by atoms with Gasteiger partial charge < -0.3 is 9.84 Å². The molecule has 0 aromatic heterocycles. The Labute approximate surface area is 119 Å². The zero-order chi connectivity index (χ0) is 14.2. The minimum atomic E-state index is -0.900. The summed E-state index contributed by atoms with van der Waals surface area (Å²) in [6, 6.07) is 0. The van der Waals surface area contributed by atoms with Crippen LogP contribution in [0.2, 0.25) is 0 Å². The van der Waals surface area contributed by atoms with Gasteiger partial charge in [-0.15, -0.1) is 23.2 Å². The first kappa shape index (κ1) is 19.4. The molecule has 5 heteroatoms. The van der Waals surface area contributed by atoms with Gasteiger partial charge in [0.1, 0.15) is 0 Å². The molecule has 0 saturated carbocycles. The second-order valence-electron chi connectivity index (χ2n) is 3.10. The van der Waals surface area contributed by atoms with Crippen LogP contribution < -0.4 is 0 Å². The molecule has 104 valence electrons. The lowest BCUT2D eigenvalue weighted by molar-refractivity contribution is -0.132. The lowest BCUT2D eigenvalue weighted by Crippen LogP contribution is -1.95. The van der Waals surface area contributed by atoms with E-state index < -0.39 is 5.97 Å². The van der Waals surface area contributed by atoms with Crippen LogP contribution in [0.15, 0.2) is 36.8 Å². The van der Waals surface area contributed by atoms with Crippen molar-refractivity contribution >= 4 is 29.2 Å². The molecule has 0 spiro atoms. The summed E-state index contributed by atoms with van der Waals surface area (Å²) in [4.78, 5) is 9.83. The quantitative estimate of drug-likeness (QED) is 0.412. The summed E-state index contributed by atoms with van der Waals surface area (Å²) in [5.74, 6) is 0.360. The molecule has 0 fully saturated rings. The lowest BCUT2D eigenvalue weighted by atomic mass is 10.2. The van der Waals surface area contributed by atoms with Gasteiger partial charge in [-0.2, -0.15) is 0 Å². The number of ether oxygens (including phenoxy) is 1. The number of carboxylic acid groups (broad SMARTS) is 1. The maximum Gasteiger partial charge on any atom is 0.330 e. The molecular formula is C13H20Cl2O3. The van der Waals surface area contributed by atoms with Gasteiger partial charge >= 0.3 is 5.97 Å². The zero-order valence-electron chi connectivity index (χ0n) is 10.6. The van der Waals surface area contributed by atoms with Crippen molar-refractivity contribution in [2.75, 3.05) is 11.8 Å². The molecule has 0 atom stereocenters. The Bertz CT molecular complexity index is 259. The molecule has 18 heavy (non-hydrogen) atoms. The van der Waals surface area contributed by atoms with Gasteiger partial charge in [0.25, 0.3) is 0 Å². The fourth-order valence-electron chi connectivity index (χ4n) is 0.570. The van der Waals surface area contributed by atoms with Crippen LogP contribution in [0.4, 0.5) is 0 Å². The van der Waals surface area contributed by atoms with E-state index in [0.717, 1.165) is 12.8 Å². The minimum Gasteiger partial charge on any atom is -0.478 e. The van der Waals surface area contributed by atoms with Gasteiger partial charge in [-0.25, -0.2) is 4.79 Å². The molecule has 0 radical (unpaired) electrons. The van der Waals surface area contributed by atoms with E-state index in [0.29, 0.717) is 18.2 Å². The summed E-state index contributed by atoms with van der Waals surface area (Å²) in [6.45, 7) is 5.03. The minimum absolute atomic E-state index is 0.264. The van der Waals surface area contributed by atoms with E-state index in [-0.39, 0.29) is 5.57 Å². The first-order chi connectivity index (χ1) is 8.59. The van der Waals surface area contributed by atoms with Crippen LogP contribution in [0.3, 0.4) is 0 Å². The summed E-state index contributed by atoms with van der Waals surface area (Å²) >= 11 is 10.8. The topological polar surface area (TPSA) is 46.5 Å². The number of aliphatic carboxylic acids is 1. The lowest BCUT2D eigenvalue weighted by Gasteiger charge is -1.88. The summed E-state index contributed by atoms with van der Waals surface area (Å²) < 4.78 is 4.96. The van der Waals surface area contributed by atoms with E-state index in [2.05, 4.69) is 6.58 Å². The maximum atomic E-state index is 9.83. The van der Waals surface area contributed by atoms with Crippen LogP contribution in [0, 0.1) is 0 Å². The number of allylic oxidation sites excluding steroid dienone is 2. The van der Waals surface area contributed by atoms with Gasteiger partial charge in [0.05, 0.1) is 12.5 Å². The molecule has 0 aliphatic heterocycles. The smallest absolute Gasteiger partial charge is 0.330 e. The monoisotopic (exact) mass is 294 g/mol. The highest BCUT2D eigenvalue weighted by molar-refractivity contribution is 6.18. The van der Waals surface area contributed by atoms with Crippen LogP contribution in [-0.2, 0) is 9.53 Å². The molecule has 0 bridgehead atoms. The molecule has 0 heterocycles.